The van der Waals surface area contributed by atoms with E-state index in [0.29, 0.717) is 32.2 Å². The van der Waals surface area contributed by atoms with E-state index in [-0.39, 0.29) is 5.91 Å². The van der Waals surface area contributed by atoms with Gasteiger partial charge in [0.2, 0.25) is 0 Å². The van der Waals surface area contributed by atoms with E-state index in [4.69, 9.17) is 4.74 Å². The molecule has 0 bridgehead atoms. The van der Waals surface area contributed by atoms with Crippen LogP contribution < -0.4 is 0 Å². The minimum atomic E-state index is 0.192. The third-order valence-corrected chi connectivity index (χ3v) is 7.54. The molecule has 3 heterocycles. The molecular weight excluding hydrogens is 392 g/mol. The van der Waals surface area contributed by atoms with Crippen LogP contribution >= 0.6 is 11.3 Å². The first-order chi connectivity index (χ1) is 14.8. The van der Waals surface area contributed by atoms with E-state index < -0.39 is 0 Å². The summed E-state index contributed by atoms with van der Waals surface area (Å²) in [6.07, 6.45) is 2.20. The summed E-state index contributed by atoms with van der Waals surface area (Å²) in [5.74, 6) is 0.620. The highest BCUT2D eigenvalue weighted by molar-refractivity contribution is 7.21. The Morgan fingerprint density at radius 3 is 2.60 bits per heavy atom. The quantitative estimate of drug-likeness (QED) is 0.613. The zero-order valence-electron chi connectivity index (χ0n) is 17.3. The lowest BCUT2D eigenvalue weighted by molar-refractivity contribution is 0.0305. The number of likely N-dealkylation sites (tertiary alicyclic amines) is 1. The van der Waals surface area contributed by atoms with Crippen LogP contribution in [0.1, 0.15) is 33.1 Å². The molecule has 3 aromatic rings. The Morgan fingerprint density at radius 2 is 1.77 bits per heavy atom. The number of hydrogen-bond acceptors (Lipinski definition) is 4. The number of nitrogens with zero attached hydrogens (tertiary/aromatic N) is 2. The summed E-state index contributed by atoms with van der Waals surface area (Å²) < 4.78 is 6.68. The molecule has 2 aliphatic rings. The lowest BCUT2D eigenvalue weighted by atomic mass is 9.94. The van der Waals surface area contributed by atoms with Crippen molar-refractivity contribution in [3.05, 3.63) is 70.6 Å². The first-order valence-corrected chi connectivity index (χ1v) is 11.8. The molecule has 156 valence electrons. The van der Waals surface area contributed by atoms with Crippen molar-refractivity contribution in [2.75, 3.05) is 45.9 Å². The van der Waals surface area contributed by atoms with Gasteiger partial charge in [-0.15, -0.1) is 11.3 Å². The van der Waals surface area contributed by atoms with Crippen LogP contribution in [0, 0.1) is 0 Å². The summed E-state index contributed by atoms with van der Waals surface area (Å²) in [6.45, 7) is 5.89. The Labute approximate surface area is 182 Å². The molecule has 0 aliphatic carbocycles. The molecule has 0 radical (unpaired) electrons. The van der Waals surface area contributed by atoms with Gasteiger partial charge in [0.15, 0.2) is 0 Å². The number of thiophene rings is 1. The summed E-state index contributed by atoms with van der Waals surface area (Å²) in [7, 11) is 0. The van der Waals surface area contributed by atoms with Gasteiger partial charge in [0.1, 0.15) is 0 Å². The largest absolute Gasteiger partial charge is 0.378 e. The molecule has 5 rings (SSSR count). The summed E-state index contributed by atoms with van der Waals surface area (Å²) in [5.41, 5.74) is 2.68. The van der Waals surface area contributed by atoms with E-state index >= 15 is 0 Å². The summed E-state index contributed by atoms with van der Waals surface area (Å²) in [5, 5.41) is 1.27. The Hall–Kier alpha value is -2.21. The molecule has 30 heavy (non-hydrogen) atoms. The van der Waals surface area contributed by atoms with Crippen LogP contribution in [0.4, 0.5) is 0 Å². The molecule has 0 unspecified atom stereocenters. The van der Waals surface area contributed by atoms with Crippen LogP contribution in [0.5, 0.6) is 0 Å². The molecule has 2 fully saturated rings. The molecule has 5 heteroatoms. The Kier molecular flexibility index (Phi) is 5.84. The molecule has 0 saturated carbocycles. The minimum Gasteiger partial charge on any atom is -0.378 e. The normalized spacial score (nSPS) is 20.1. The number of amides is 1. The summed E-state index contributed by atoms with van der Waals surface area (Å²) in [6, 6.07) is 19.2. The fraction of sp³-hybridized carbons (Fsp3) is 0.400. The topological polar surface area (TPSA) is 32.8 Å². The van der Waals surface area contributed by atoms with Crippen molar-refractivity contribution in [3.63, 3.8) is 0 Å². The number of carbonyl (C=O) groups is 1. The zero-order valence-corrected chi connectivity index (χ0v) is 18.1. The van der Waals surface area contributed by atoms with Crippen LogP contribution in [-0.2, 0) is 11.2 Å². The number of fused-ring (bicyclic) bond motifs is 1. The summed E-state index contributed by atoms with van der Waals surface area (Å²) in [4.78, 5) is 18.9. The van der Waals surface area contributed by atoms with E-state index in [1.807, 2.05) is 4.90 Å². The van der Waals surface area contributed by atoms with Crippen LogP contribution in [0.3, 0.4) is 0 Å². The highest BCUT2D eigenvalue weighted by Gasteiger charge is 2.32. The van der Waals surface area contributed by atoms with Crippen molar-refractivity contribution in [1.29, 1.82) is 0 Å². The lowest BCUT2D eigenvalue weighted by Crippen LogP contribution is -2.40. The third kappa shape index (κ3) is 4.02. The predicted molar refractivity (Wildman–Crippen MR) is 122 cm³/mol. The molecule has 0 spiro atoms. The van der Waals surface area contributed by atoms with Crippen LogP contribution in [-0.4, -0.2) is 61.6 Å². The second-order valence-corrected chi connectivity index (χ2v) is 9.32. The molecule has 2 aromatic carbocycles. The molecular formula is C25H28N2O2S. The fourth-order valence-corrected chi connectivity index (χ4v) is 6.00. The van der Waals surface area contributed by atoms with E-state index in [9.17, 15) is 4.79 Å². The van der Waals surface area contributed by atoms with Gasteiger partial charge in [0, 0.05) is 36.8 Å². The highest BCUT2D eigenvalue weighted by atomic mass is 32.1. The second kappa shape index (κ2) is 8.88. The fourth-order valence-electron chi connectivity index (χ4n) is 4.74. The second-order valence-electron chi connectivity index (χ2n) is 8.27. The van der Waals surface area contributed by atoms with Crippen molar-refractivity contribution in [3.8, 4) is 0 Å². The first-order valence-electron chi connectivity index (χ1n) is 10.9. The molecule has 1 amide bonds. The third-order valence-electron chi connectivity index (χ3n) is 6.37. The standard InChI is InChI=1S/C25H28N2O2S/c28-25(27-14-16-29-17-15-27)24-23(21-8-4-5-9-22(21)30-24)20-11-13-26(18-20)12-10-19-6-2-1-3-7-19/h1-9,20H,10-18H2/t20-/m1/s1. The van der Waals surface area contributed by atoms with Gasteiger partial charge in [-0.2, -0.15) is 0 Å². The highest BCUT2D eigenvalue weighted by Crippen LogP contribution is 2.40. The average Bonchev–Trinajstić information content (AvgIpc) is 3.43. The average molecular weight is 421 g/mol. The molecule has 1 atom stereocenters. The van der Waals surface area contributed by atoms with Gasteiger partial charge in [0.05, 0.1) is 18.1 Å². The van der Waals surface area contributed by atoms with Crippen LogP contribution in [0.2, 0.25) is 0 Å². The minimum absolute atomic E-state index is 0.192. The van der Waals surface area contributed by atoms with Gasteiger partial charge >= 0.3 is 0 Å². The molecule has 1 aromatic heterocycles. The smallest absolute Gasteiger partial charge is 0.264 e. The van der Waals surface area contributed by atoms with E-state index in [1.54, 1.807) is 11.3 Å². The maximum absolute atomic E-state index is 13.4. The maximum atomic E-state index is 13.4. The van der Waals surface area contributed by atoms with E-state index in [0.717, 1.165) is 37.4 Å². The maximum Gasteiger partial charge on any atom is 0.264 e. The van der Waals surface area contributed by atoms with Crippen molar-refractivity contribution in [2.24, 2.45) is 0 Å². The van der Waals surface area contributed by atoms with E-state index in [1.165, 1.54) is 21.2 Å². The zero-order chi connectivity index (χ0) is 20.3. The van der Waals surface area contributed by atoms with E-state index in [2.05, 4.69) is 59.5 Å². The first kappa shape index (κ1) is 19.7. The Balaban J connectivity index is 1.37. The Bertz CT molecular complexity index is 1010. The number of ether oxygens (including phenoxy) is 1. The van der Waals surface area contributed by atoms with Crippen molar-refractivity contribution >= 4 is 27.3 Å². The van der Waals surface area contributed by atoms with Gasteiger partial charge in [-0.1, -0.05) is 48.5 Å². The number of morpholine rings is 1. The molecule has 2 saturated heterocycles. The van der Waals surface area contributed by atoms with Crippen molar-refractivity contribution in [1.82, 2.24) is 9.80 Å². The molecule has 0 N–H and O–H groups in total. The van der Waals surface area contributed by atoms with Crippen molar-refractivity contribution in [2.45, 2.75) is 18.8 Å². The lowest BCUT2D eigenvalue weighted by Gasteiger charge is -2.27. The van der Waals surface area contributed by atoms with Gasteiger partial charge < -0.3 is 14.5 Å². The number of rotatable bonds is 5. The monoisotopic (exact) mass is 420 g/mol. The van der Waals surface area contributed by atoms with Gasteiger partial charge in [-0.25, -0.2) is 0 Å². The van der Waals surface area contributed by atoms with Crippen LogP contribution in [0.15, 0.2) is 54.6 Å². The van der Waals surface area contributed by atoms with Crippen molar-refractivity contribution < 1.29 is 9.53 Å². The number of hydrogen-bond donors (Lipinski definition) is 0. The number of benzene rings is 2. The molecule has 4 nitrogen and oxygen atoms in total. The predicted octanol–water partition coefficient (Wildman–Crippen LogP) is 4.41. The van der Waals surface area contributed by atoms with Gasteiger partial charge in [-0.3, -0.25) is 4.79 Å². The summed E-state index contributed by atoms with van der Waals surface area (Å²) >= 11 is 1.67. The van der Waals surface area contributed by atoms with Gasteiger partial charge in [0.25, 0.3) is 5.91 Å². The molecule has 2 aliphatic heterocycles. The Morgan fingerprint density at radius 1 is 1.00 bits per heavy atom. The van der Waals surface area contributed by atoms with Gasteiger partial charge in [-0.05, 0) is 42.0 Å². The number of carbonyl (C=O) groups excluding carboxylic acids is 1. The SMILES string of the molecule is O=C(c1sc2ccccc2c1[C@@H]1CCN(CCc2ccccc2)C1)N1CCOCC1. The van der Waals surface area contributed by atoms with Crippen LogP contribution in [0.25, 0.3) is 10.1 Å².